The van der Waals surface area contributed by atoms with Gasteiger partial charge in [-0.15, -0.1) is 0 Å². The zero-order valence-electron chi connectivity index (χ0n) is 15.8. The highest BCUT2D eigenvalue weighted by atomic mass is 19.4. The van der Waals surface area contributed by atoms with Crippen LogP contribution in [0.15, 0.2) is 48.8 Å². The number of amides is 2. The van der Waals surface area contributed by atoms with Crippen molar-refractivity contribution in [3.63, 3.8) is 0 Å². The monoisotopic (exact) mass is 437 g/mol. The van der Waals surface area contributed by atoms with Gasteiger partial charge in [-0.2, -0.15) is 13.2 Å². The van der Waals surface area contributed by atoms with Gasteiger partial charge in [-0.05, 0) is 24.3 Å². The maximum Gasteiger partial charge on any atom is 0.405 e. The van der Waals surface area contributed by atoms with Crippen molar-refractivity contribution in [1.82, 2.24) is 14.7 Å². The van der Waals surface area contributed by atoms with Gasteiger partial charge in [-0.25, -0.2) is 19.6 Å². The summed E-state index contributed by atoms with van der Waals surface area (Å²) in [4.78, 5) is 15.9. The van der Waals surface area contributed by atoms with E-state index in [0.717, 1.165) is 0 Å². The van der Waals surface area contributed by atoms with Crippen LogP contribution in [0.4, 0.5) is 28.0 Å². The number of urea groups is 1. The van der Waals surface area contributed by atoms with Crippen molar-refractivity contribution >= 4 is 29.2 Å². The van der Waals surface area contributed by atoms with Gasteiger partial charge in [0.1, 0.15) is 12.2 Å². The predicted octanol–water partition coefficient (Wildman–Crippen LogP) is 2.15. The number of carbonyl (C=O) groups excluding carboxylic acids is 1. The quantitative estimate of drug-likeness (QED) is 0.278. The minimum Gasteiger partial charge on any atom is -0.388 e. The Hall–Kier alpha value is -3.96. The van der Waals surface area contributed by atoms with E-state index in [0.29, 0.717) is 22.5 Å². The van der Waals surface area contributed by atoms with Crippen molar-refractivity contribution in [2.45, 2.75) is 6.18 Å². The number of carbonyl (C=O) groups is 1. The number of hydrogen-bond acceptors (Lipinski definition) is 4. The molecule has 5 N–H and O–H groups in total. The lowest BCUT2D eigenvalue weighted by atomic mass is 10.1. The molecule has 0 fully saturated rings. The molecule has 12 heteroatoms. The second kappa shape index (κ2) is 8.81. The molecule has 0 saturated carbocycles. The van der Waals surface area contributed by atoms with E-state index in [1.165, 1.54) is 6.07 Å². The van der Waals surface area contributed by atoms with Gasteiger partial charge in [-0.1, -0.05) is 12.1 Å². The smallest absolute Gasteiger partial charge is 0.388 e. The molecular formula is C19H17F4N6O2+. The molecule has 8 nitrogen and oxygen atoms in total. The van der Waals surface area contributed by atoms with Crippen molar-refractivity contribution in [1.29, 1.82) is 5.41 Å². The molecule has 2 amide bonds. The first kappa shape index (κ1) is 21.7. The van der Waals surface area contributed by atoms with Gasteiger partial charge in [0, 0.05) is 23.0 Å². The SMILES string of the molecule is N=C(OC(=[NH2+])CF)c1ccn2c(-c3cccc(NC(=O)NCC(F)(F)F)c3)cnc2c1. The standard InChI is InChI=1S/C19H16F4N6O2/c20-8-15(24)31-17(25)12-4-5-29-14(9-26-16(29)7-12)11-2-1-3-13(6-11)28-18(30)27-10-19(21,22)23/h1-7,9,24-25H,8,10H2,(H2,27,28,30)/p+1. The fourth-order valence-corrected chi connectivity index (χ4v) is 2.66. The summed E-state index contributed by atoms with van der Waals surface area (Å²) in [6.45, 7) is -2.46. The number of pyridine rings is 1. The average molecular weight is 437 g/mol. The summed E-state index contributed by atoms with van der Waals surface area (Å²) in [6, 6.07) is 8.58. The van der Waals surface area contributed by atoms with Crippen LogP contribution in [0.3, 0.4) is 0 Å². The highest BCUT2D eigenvalue weighted by molar-refractivity contribution is 5.99. The molecule has 0 unspecified atom stereocenters. The molecule has 0 radical (unpaired) electrons. The van der Waals surface area contributed by atoms with Gasteiger partial charge in [0.05, 0.1) is 11.9 Å². The number of anilines is 1. The van der Waals surface area contributed by atoms with E-state index in [4.69, 9.17) is 15.6 Å². The number of nitrogens with one attached hydrogen (secondary N) is 3. The summed E-state index contributed by atoms with van der Waals surface area (Å²) in [6.07, 6.45) is -1.34. The van der Waals surface area contributed by atoms with Gasteiger partial charge in [0.2, 0.25) is 12.6 Å². The molecule has 0 spiro atoms. The second-order valence-electron chi connectivity index (χ2n) is 6.32. The van der Waals surface area contributed by atoms with Crippen molar-refractivity contribution < 1.29 is 32.5 Å². The van der Waals surface area contributed by atoms with Crippen LogP contribution in [0, 0.1) is 5.41 Å². The van der Waals surface area contributed by atoms with Crippen LogP contribution < -0.4 is 16.0 Å². The van der Waals surface area contributed by atoms with Gasteiger partial charge in [0.15, 0.2) is 0 Å². The van der Waals surface area contributed by atoms with Crippen LogP contribution in [-0.2, 0) is 4.74 Å². The molecule has 0 atom stereocenters. The third-order valence-electron chi connectivity index (χ3n) is 4.01. The van der Waals surface area contributed by atoms with Crippen LogP contribution >= 0.6 is 0 Å². The summed E-state index contributed by atoms with van der Waals surface area (Å²) in [5, 5.41) is 17.2. The number of benzene rings is 1. The number of alkyl halides is 4. The minimum absolute atomic E-state index is 0.288. The Morgan fingerprint density at radius 1 is 1.26 bits per heavy atom. The molecule has 1 aromatic carbocycles. The Kier molecular flexibility index (Phi) is 6.18. The maximum atomic E-state index is 12.4. The number of imidazole rings is 1. The number of halogens is 4. The minimum atomic E-state index is -4.51. The van der Waals surface area contributed by atoms with E-state index in [2.05, 4.69) is 10.3 Å². The molecule has 31 heavy (non-hydrogen) atoms. The zero-order chi connectivity index (χ0) is 22.6. The first-order chi connectivity index (χ1) is 14.7. The lowest BCUT2D eigenvalue weighted by molar-refractivity contribution is -0.136. The van der Waals surface area contributed by atoms with Crippen LogP contribution in [0.2, 0.25) is 0 Å². The van der Waals surface area contributed by atoms with E-state index in [1.807, 2.05) is 0 Å². The Labute approximate surface area is 172 Å². The van der Waals surface area contributed by atoms with Crippen LogP contribution in [-0.4, -0.2) is 46.6 Å². The van der Waals surface area contributed by atoms with Crippen molar-refractivity contribution in [3.8, 4) is 11.3 Å². The van der Waals surface area contributed by atoms with Crippen molar-refractivity contribution in [2.75, 3.05) is 18.5 Å². The highest BCUT2D eigenvalue weighted by Gasteiger charge is 2.27. The average Bonchev–Trinajstić information content (AvgIpc) is 3.15. The predicted molar refractivity (Wildman–Crippen MR) is 105 cm³/mol. The number of hydrogen-bond donors (Lipinski definition) is 4. The lowest BCUT2D eigenvalue weighted by Gasteiger charge is -2.11. The van der Waals surface area contributed by atoms with E-state index in [-0.39, 0.29) is 11.6 Å². The molecule has 0 saturated heterocycles. The molecule has 2 aromatic heterocycles. The third-order valence-corrected chi connectivity index (χ3v) is 4.01. The summed E-state index contributed by atoms with van der Waals surface area (Å²) in [5.41, 5.74) is 2.34. The number of ether oxygens (including phenoxy) is 1. The molecule has 0 aliphatic heterocycles. The third kappa shape index (κ3) is 5.56. The molecule has 3 rings (SSSR count). The van der Waals surface area contributed by atoms with E-state index < -0.39 is 31.3 Å². The normalized spacial score (nSPS) is 11.2. The summed E-state index contributed by atoms with van der Waals surface area (Å²) >= 11 is 0. The number of fused-ring (bicyclic) bond motifs is 1. The van der Waals surface area contributed by atoms with E-state index >= 15 is 0 Å². The molecule has 3 aromatic rings. The first-order valence-electron chi connectivity index (χ1n) is 8.79. The summed E-state index contributed by atoms with van der Waals surface area (Å²) in [7, 11) is 0. The number of nitrogens with two attached hydrogens (primary N) is 1. The maximum absolute atomic E-state index is 12.4. The molecule has 162 valence electrons. The highest BCUT2D eigenvalue weighted by Crippen LogP contribution is 2.24. The topological polar surface area (TPSA) is 117 Å². The fraction of sp³-hybridized carbons (Fsp3) is 0.158. The molecule has 0 bridgehead atoms. The Morgan fingerprint density at radius 2 is 2.03 bits per heavy atom. The number of aromatic nitrogens is 2. The second-order valence-corrected chi connectivity index (χ2v) is 6.32. The van der Waals surface area contributed by atoms with Gasteiger partial charge < -0.3 is 15.4 Å². The molecular weight excluding hydrogens is 420 g/mol. The largest absolute Gasteiger partial charge is 0.405 e. The fourth-order valence-electron chi connectivity index (χ4n) is 2.66. The summed E-state index contributed by atoms with van der Waals surface area (Å²) < 4.78 is 55.6. The van der Waals surface area contributed by atoms with Crippen LogP contribution in [0.1, 0.15) is 5.56 Å². The van der Waals surface area contributed by atoms with Crippen molar-refractivity contribution in [3.05, 3.63) is 54.4 Å². The lowest BCUT2D eigenvalue weighted by Crippen LogP contribution is -2.43. The van der Waals surface area contributed by atoms with Gasteiger partial charge >= 0.3 is 18.1 Å². The Morgan fingerprint density at radius 3 is 2.74 bits per heavy atom. The van der Waals surface area contributed by atoms with E-state index in [1.54, 1.807) is 52.4 Å². The van der Waals surface area contributed by atoms with Crippen molar-refractivity contribution in [2.24, 2.45) is 0 Å². The van der Waals surface area contributed by atoms with E-state index in [9.17, 15) is 22.4 Å². The van der Waals surface area contributed by atoms with Gasteiger partial charge in [0.25, 0.3) is 0 Å². The molecule has 0 aliphatic rings. The first-order valence-corrected chi connectivity index (χ1v) is 8.79. The molecule has 0 aliphatic carbocycles. The molecule has 2 heterocycles. The summed E-state index contributed by atoms with van der Waals surface area (Å²) in [5.74, 6) is -0.768. The van der Waals surface area contributed by atoms with Crippen LogP contribution in [0.5, 0.6) is 0 Å². The zero-order valence-corrected chi connectivity index (χ0v) is 15.8. The van der Waals surface area contributed by atoms with Crippen LogP contribution in [0.25, 0.3) is 16.9 Å². The Bertz CT molecular complexity index is 1140. The Balaban J connectivity index is 1.79. The number of nitrogens with zero attached hydrogens (tertiary/aromatic N) is 2. The van der Waals surface area contributed by atoms with Gasteiger partial charge in [-0.3, -0.25) is 9.81 Å². The number of rotatable bonds is 5.